The molecule has 0 radical (unpaired) electrons. The van der Waals surface area contributed by atoms with Crippen molar-refractivity contribution >= 4 is 45.0 Å². The van der Waals surface area contributed by atoms with Gasteiger partial charge in [0.25, 0.3) is 5.91 Å². The van der Waals surface area contributed by atoms with Crippen LogP contribution < -0.4 is 10.7 Å². The number of aryl methyl sites for hydroxylation is 1. The molecule has 1 heterocycles. The van der Waals surface area contributed by atoms with Crippen molar-refractivity contribution in [2.75, 3.05) is 5.32 Å². The average Bonchev–Trinajstić information content (AvgIpc) is 3.11. The van der Waals surface area contributed by atoms with Gasteiger partial charge >= 0.3 is 0 Å². The Morgan fingerprint density at radius 3 is 2.44 bits per heavy atom. The number of aromatic nitrogens is 1. The molecule has 2 N–H and O–H groups in total. The van der Waals surface area contributed by atoms with Crippen molar-refractivity contribution < 1.29 is 14.0 Å². The predicted molar refractivity (Wildman–Crippen MR) is 125 cm³/mol. The molecule has 0 atom stereocenters. The van der Waals surface area contributed by atoms with E-state index in [1.165, 1.54) is 24.3 Å². The van der Waals surface area contributed by atoms with Crippen LogP contribution in [-0.2, 0) is 11.3 Å². The Kier molecular flexibility index (Phi) is 5.98. The number of anilines is 1. The topological polar surface area (TPSA) is 75.5 Å². The van der Waals surface area contributed by atoms with E-state index in [1.54, 1.807) is 6.92 Å². The first-order chi connectivity index (χ1) is 15.5. The van der Waals surface area contributed by atoms with Crippen LogP contribution in [0.4, 0.5) is 10.1 Å². The predicted octanol–water partition coefficient (Wildman–Crippen LogP) is 5.09. The Bertz CT molecular complexity index is 1340. The molecule has 162 valence electrons. The van der Waals surface area contributed by atoms with Crippen LogP contribution in [0.3, 0.4) is 0 Å². The van der Waals surface area contributed by atoms with Crippen LogP contribution in [0.5, 0.6) is 0 Å². The number of halogens is 1. The second-order valence-corrected chi connectivity index (χ2v) is 7.51. The lowest BCUT2D eigenvalue weighted by Crippen LogP contribution is -2.21. The van der Waals surface area contributed by atoms with E-state index in [2.05, 4.69) is 39.5 Å². The van der Waals surface area contributed by atoms with Crippen molar-refractivity contribution in [1.29, 1.82) is 0 Å². The summed E-state index contributed by atoms with van der Waals surface area (Å²) in [6, 6.07) is 19.2. The van der Waals surface area contributed by atoms with Crippen LogP contribution in [0.25, 0.3) is 21.8 Å². The molecule has 32 heavy (non-hydrogen) atoms. The van der Waals surface area contributed by atoms with Gasteiger partial charge in [0, 0.05) is 45.3 Å². The quantitative estimate of drug-likeness (QED) is 0.330. The summed E-state index contributed by atoms with van der Waals surface area (Å²) < 4.78 is 15.2. The van der Waals surface area contributed by atoms with Gasteiger partial charge < -0.3 is 9.88 Å². The van der Waals surface area contributed by atoms with E-state index >= 15 is 0 Å². The smallest absolute Gasteiger partial charge is 0.271 e. The number of nitrogens with zero attached hydrogens (tertiary/aromatic N) is 2. The lowest BCUT2D eigenvalue weighted by molar-refractivity contribution is -0.115. The Balaban J connectivity index is 1.44. The molecule has 0 bridgehead atoms. The van der Waals surface area contributed by atoms with Crippen LogP contribution in [0, 0.1) is 5.82 Å². The molecule has 0 unspecified atom stereocenters. The van der Waals surface area contributed by atoms with Crippen LogP contribution >= 0.6 is 0 Å². The number of hydrogen-bond acceptors (Lipinski definition) is 3. The van der Waals surface area contributed by atoms with Gasteiger partial charge in [-0.1, -0.05) is 18.2 Å². The van der Waals surface area contributed by atoms with Gasteiger partial charge in [-0.15, -0.1) is 0 Å². The van der Waals surface area contributed by atoms with Gasteiger partial charge in [0.05, 0.1) is 6.42 Å². The third-order valence-electron chi connectivity index (χ3n) is 5.24. The van der Waals surface area contributed by atoms with E-state index in [4.69, 9.17) is 0 Å². The first-order valence-corrected chi connectivity index (χ1v) is 10.4. The number of hydrazone groups is 1. The van der Waals surface area contributed by atoms with E-state index in [-0.39, 0.29) is 17.9 Å². The second kappa shape index (κ2) is 9.01. The van der Waals surface area contributed by atoms with Gasteiger partial charge in [0.1, 0.15) is 5.82 Å². The number of hydrogen-bond donors (Lipinski definition) is 2. The highest BCUT2D eigenvalue weighted by molar-refractivity contribution is 6.11. The lowest BCUT2D eigenvalue weighted by atomic mass is 10.1. The van der Waals surface area contributed by atoms with Crippen LogP contribution in [0.15, 0.2) is 71.8 Å². The molecule has 0 saturated carbocycles. The fourth-order valence-corrected chi connectivity index (χ4v) is 3.76. The summed E-state index contributed by atoms with van der Waals surface area (Å²) in [4.78, 5) is 24.5. The largest absolute Gasteiger partial charge is 0.341 e. The van der Waals surface area contributed by atoms with Gasteiger partial charge in [0.2, 0.25) is 5.91 Å². The Morgan fingerprint density at radius 2 is 1.69 bits per heavy atom. The van der Waals surface area contributed by atoms with Gasteiger partial charge in [-0.3, -0.25) is 9.59 Å². The number of rotatable bonds is 6. The third kappa shape index (κ3) is 4.37. The Hall–Kier alpha value is -4.00. The monoisotopic (exact) mass is 430 g/mol. The molecule has 0 saturated heterocycles. The number of para-hydroxylation sites is 1. The first-order valence-electron chi connectivity index (χ1n) is 10.4. The van der Waals surface area contributed by atoms with Crippen LogP contribution in [-0.4, -0.2) is 22.1 Å². The zero-order chi connectivity index (χ0) is 22.7. The molecule has 0 fully saturated rings. The highest BCUT2D eigenvalue weighted by Crippen LogP contribution is 2.31. The summed E-state index contributed by atoms with van der Waals surface area (Å²) in [6.45, 7) is 4.62. The van der Waals surface area contributed by atoms with Crippen molar-refractivity contribution in [3.63, 3.8) is 0 Å². The molecule has 6 nitrogen and oxygen atoms in total. The molecule has 0 aliphatic heterocycles. The number of nitrogens with one attached hydrogen (secondary N) is 2. The highest BCUT2D eigenvalue weighted by Gasteiger charge is 2.12. The molecule has 4 rings (SSSR count). The number of amides is 2. The number of fused-ring (bicyclic) bond motifs is 3. The molecule has 4 aromatic rings. The van der Waals surface area contributed by atoms with E-state index in [0.717, 1.165) is 28.4 Å². The maximum atomic E-state index is 13.0. The minimum atomic E-state index is -0.470. The van der Waals surface area contributed by atoms with Gasteiger partial charge in [-0.05, 0) is 62.4 Å². The highest BCUT2D eigenvalue weighted by atomic mass is 19.1. The van der Waals surface area contributed by atoms with E-state index in [9.17, 15) is 14.0 Å². The SMILES string of the molecule is CCn1c2ccccc2c2cc(NC(=O)CC(C)=NNC(=O)c3ccc(F)cc3)ccc21. The molecule has 0 aliphatic rings. The molecule has 7 heteroatoms. The molecule has 0 aliphatic carbocycles. The summed E-state index contributed by atoms with van der Waals surface area (Å²) in [5, 5.41) is 9.09. The Labute approximate surface area is 184 Å². The molecule has 3 aromatic carbocycles. The molecule has 2 amide bonds. The fraction of sp³-hybridized carbons (Fsp3) is 0.160. The molecular weight excluding hydrogens is 407 g/mol. The van der Waals surface area contributed by atoms with Crippen molar-refractivity contribution in [3.05, 3.63) is 78.1 Å². The molecule has 1 aromatic heterocycles. The van der Waals surface area contributed by atoms with E-state index < -0.39 is 11.7 Å². The van der Waals surface area contributed by atoms with Crippen molar-refractivity contribution in [1.82, 2.24) is 9.99 Å². The zero-order valence-corrected chi connectivity index (χ0v) is 17.9. The lowest BCUT2D eigenvalue weighted by Gasteiger charge is -2.07. The number of benzene rings is 3. The van der Waals surface area contributed by atoms with Gasteiger partial charge in [-0.2, -0.15) is 5.10 Å². The van der Waals surface area contributed by atoms with Crippen molar-refractivity contribution in [2.45, 2.75) is 26.8 Å². The minimum Gasteiger partial charge on any atom is -0.341 e. The Morgan fingerprint density at radius 1 is 0.969 bits per heavy atom. The fourth-order valence-electron chi connectivity index (χ4n) is 3.76. The first kappa shape index (κ1) is 21.2. The van der Waals surface area contributed by atoms with Crippen LogP contribution in [0.2, 0.25) is 0 Å². The van der Waals surface area contributed by atoms with Crippen molar-refractivity contribution in [2.24, 2.45) is 5.10 Å². The van der Waals surface area contributed by atoms with Crippen LogP contribution in [0.1, 0.15) is 30.6 Å². The third-order valence-corrected chi connectivity index (χ3v) is 5.24. The normalized spacial score (nSPS) is 11.7. The summed E-state index contributed by atoms with van der Waals surface area (Å²) in [5.74, 6) is -1.13. The van der Waals surface area contributed by atoms with E-state index in [1.807, 2.05) is 30.3 Å². The summed E-state index contributed by atoms with van der Waals surface area (Å²) in [6.07, 6.45) is 0.0262. The average molecular weight is 430 g/mol. The van der Waals surface area contributed by atoms with Crippen molar-refractivity contribution in [3.8, 4) is 0 Å². The summed E-state index contributed by atoms with van der Waals surface area (Å²) in [5.41, 5.74) is 6.09. The van der Waals surface area contributed by atoms with E-state index in [0.29, 0.717) is 11.4 Å². The number of carbonyl (C=O) groups excluding carboxylic acids is 2. The van der Waals surface area contributed by atoms with Gasteiger partial charge in [0.15, 0.2) is 0 Å². The molecular formula is C25H23FN4O2. The maximum Gasteiger partial charge on any atom is 0.271 e. The minimum absolute atomic E-state index is 0.0262. The summed E-state index contributed by atoms with van der Waals surface area (Å²) in [7, 11) is 0. The van der Waals surface area contributed by atoms with Gasteiger partial charge in [-0.25, -0.2) is 9.82 Å². The summed E-state index contributed by atoms with van der Waals surface area (Å²) >= 11 is 0. The molecule has 0 spiro atoms. The maximum absolute atomic E-state index is 13.0. The number of carbonyl (C=O) groups is 2. The second-order valence-electron chi connectivity index (χ2n) is 7.51. The zero-order valence-electron chi connectivity index (χ0n) is 17.9. The standard InChI is InChI=1S/C25H23FN4O2/c1-3-30-22-7-5-4-6-20(22)21-15-19(12-13-23(21)30)27-24(31)14-16(2)28-29-25(32)17-8-10-18(26)11-9-17/h4-13,15H,3,14H2,1-2H3,(H,27,31)(H,29,32).